The number of hydrogen-bond donors (Lipinski definition) is 2. The molecule has 0 saturated carbocycles. The van der Waals surface area contributed by atoms with Crippen molar-refractivity contribution in [2.45, 2.75) is 25.7 Å². The number of ether oxygens (including phenoxy) is 1. The topological polar surface area (TPSA) is 98.4 Å². The van der Waals surface area contributed by atoms with Crippen LogP contribution in [-0.4, -0.2) is 21.1 Å². The molecule has 21 heavy (non-hydrogen) atoms. The fraction of sp³-hybridized carbons (Fsp3) is 0.333. The van der Waals surface area contributed by atoms with Crippen molar-refractivity contribution in [2.75, 3.05) is 0 Å². The van der Waals surface area contributed by atoms with Crippen LogP contribution >= 0.6 is 0 Å². The number of rotatable bonds is 3. The van der Waals surface area contributed by atoms with Crippen molar-refractivity contribution in [3.8, 4) is 11.9 Å². The maximum absolute atomic E-state index is 9.46. The number of aromatic nitrogens is 3. The van der Waals surface area contributed by atoms with Crippen LogP contribution in [0.3, 0.4) is 0 Å². The van der Waals surface area contributed by atoms with Gasteiger partial charge in [0, 0.05) is 29.6 Å². The number of nitrogens with one attached hydrogen (secondary N) is 2. The van der Waals surface area contributed by atoms with Crippen LogP contribution in [0.5, 0.6) is 5.88 Å². The first-order valence-corrected chi connectivity index (χ1v) is 6.89. The van der Waals surface area contributed by atoms with Gasteiger partial charge in [-0.2, -0.15) is 5.26 Å². The smallest absolute Gasteiger partial charge is 0.243 e. The van der Waals surface area contributed by atoms with Gasteiger partial charge in [0.1, 0.15) is 5.92 Å². The molecule has 0 bridgehead atoms. The molecular formula is C15H15N5O. The van der Waals surface area contributed by atoms with Gasteiger partial charge < -0.3 is 4.74 Å². The predicted octanol–water partition coefficient (Wildman–Crippen LogP) is 2.40. The predicted molar refractivity (Wildman–Crippen MR) is 76.1 cm³/mol. The second kappa shape index (κ2) is 5.37. The van der Waals surface area contributed by atoms with Crippen LogP contribution in [0.1, 0.15) is 36.1 Å². The SMILES string of the molecule is CCCc1[nH]nc2c1C(c1cccnc1)C(C#N)C(=N)O2. The van der Waals surface area contributed by atoms with E-state index in [0.717, 1.165) is 29.7 Å². The van der Waals surface area contributed by atoms with Crippen molar-refractivity contribution in [3.05, 3.63) is 41.3 Å². The third kappa shape index (κ3) is 2.17. The molecule has 0 aromatic carbocycles. The second-order valence-corrected chi connectivity index (χ2v) is 5.01. The van der Waals surface area contributed by atoms with Gasteiger partial charge in [-0.15, -0.1) is 5.10 Å². The number of nitriles is 1. The van der Waals surface area contributed by atoms with E-state index in [4.69, 9.17) is 10.1 Å². The molecule has 3 heterocycles. The average molecular weight is 281 g/mol. The van der Waals surface area contributed by atoms with E-state index in [1.807, 2.05) is 12.1 Å². The van der Waals surface area contributed by atoms with Gasteiger partial charge in [0.15, 0.2) is 0 Å². The van der Waals surface area contributed by atoms with Crippen LogP contribution in [0.15, 0.2) is 24.5 Å². The zero-order valence-electron chi connectivity index (χ0n) is 11.6. The van der Waals surface area contributed by atoms with Crippen molar-refractivity contribution in [3.63, 3.8) is 0 Å². The van der Waals surface area contributed by atoms with Crippen LogP contribution in [0.25, 0.3) is 0 Å². The largest absolute Gasteiger partial charge is 0.422 e. The van der Waals surface area contributed by atoms with E-state index in [1.54, 1.807) is 12.4 Å². The number of hydrogen-bond acceptors (Lipinski definition) is 5. The third-order valence-electron chi connectivity index (χ3n) is 3.66. The molecule has 6 nitrogen and oxygen atoms in total. The lowest BCUT2D eigenvalue weighted by Gasteiger charge is -2.27. The molecule has 2 aromatic heterocycles. The molecule has 0 amide bonds. The maximum Gasteiger partial charge on any atom is 0.243 e. The van der Waals surface area contributed by atoms with Gasteiger partial charge in [0.05, 0.1) is 6.07 Å². The first-order chi connectivity index (χ1) is 10.3. The number of nitrogens with zero attached hydrogens (tertiary/aromatic N) is 3. The van der Waals surface area contributed by atoms with Gasteiger partial charge in [-0.3, -0.25) is 15.5 Å². The van der Waals surface area contributed by atoms with Crippen molar-refractivity contribution in [1.29, 1.82) is 10.7 Å². The Bertz CT molecular complexity index is 701. The molecule has 0 saturated heterocycles. The standard InChI is InChI=1S/C15H15N5O/c1-2-4-11-13-12(9-5-3-6-18-8-9)10(7-16)14(17)21-15(13)20-19-11/h3,5-6,8,10,12,17H,2,4H2,1H3,(H,19,20). The van der Waals surface area contributed by atoms with E-state index in [-0.39, 0.29) is 11.8 Å². The minimum absolute atomic E-state index is 0.0617. The lowest BCUT2D eigenvalue weighted by atomic mass is 9.80. The summed E-state index contributed by atoms with van der Waals surface area (Å²) in [5.74, 6) is -0.577. The van der Waals surface area contributed by atoms with E-state index in [1.165, 1.54) is 0 Å². The zero-order chi connectivity index (χ0) is 14.8. The summed E-state index contributed by atoms with van der Waals surface area (Å²) in [6.45, 7) is 2.08. The Morgan fingerprint density at radius 2 is 2.38 bits per heavy atom. The Morgan fingerprint density at radius 3 is 3.05 bits per heavy atom. The minimum Gasteiger partial charge on any atom is -0.422 e. The first-order valence-electron chi connectivity index (χ1n) is 6.89. The summed E-state index contributed by atoms with van der Waals surface area (Å²) in [5, 5.41) is 24.5. The molecule has 3 rings (SSSR count). The molecule has 0 radical (unpaired) electrons. The Morgan fingerprint density at radius 1 is 1.52 bits per heavy atom. The molecule has 0 spiro atoms. The fourth-order valence-electron chi connectivity index (χ4n) is 2.74. The van der Waals surface area contributed by atoms with Crippen LogP contribution in [0, 0.1) is 22.7 Å². The molecule has 1 aliphatic rings. The van der Waals surface area contributed by atoms with Crippen molar-refractivity contribution in [1.82, 2.24) is 15.2 Å². The zero-order valence-corrected chi connectivity index (χ0v) is 11.6. The first kappa shape index (κ1) is 13.3. The lowest BCUT2D eigenvalue weighted by molar-refractivity contribution is 0.436. The highest BCUT2D eigenvalue weighted by Crippen LogP contribution is 2.42. The van der Waals surface area contributed by atoms with Crippen molar-refractivity contribution in [2.24, 2.45) is 5.92 Å². The molecule has 2 atom stereocenters. The molecule has 0 fully saturated rings. The third-order valence-corrected chi connectivity index (χ3v) is 3.66. The second-order valence-electron chi connectivity index (χ2n) is 5.01. The van der Waals surface area contributed by atoms with Gasteiger partial charge in [-0.25, -0.2) is 0 Å². The maximum atomic E-state index is 9.46. The number of H-pyrrole nitrogens is 1. The molecule has 2 unspecified atom stereocenters. The highest BCUT2D eigenvalue weighted by atomic mass is 16.5. The van der Waals surface area contributed by atoms with Crippen molar-refractivity contribution < 1.29 is 4.74 Å². The van der Waals surface area contributed by atoms with Gasteiger partial charge >= 0.3 is 0 Å². The fourth-order valence-corrected chi connectivity index (χ4v) is 2.74. The van der Waals surface area contributed by atoms with Crippen LogP contribution in [0.2, 0.25) is 0 Å². The number of fused-ring (bicyclic) bond motifs is 1. The minimum atomic E-state index is -0.657. The summed E-state index contributed by atoms with van der Waals surface area (Å²) in [5.41, 5.74) is 2.75. The summed E-state index contributed by atoms with van der Waals surface area (Å²) in [4.78, 5) is 4.14. The molecule has 6 heteroatoms. The van der Waals surface area contributed by atoms with E-state index in [9.17, 15) is 5.26 Å². The number of pyridine rings is 1. The Hall–Kier alpha value is -2.68. The summed E-state index contributed by atoms with van der Waals surface area (Å²) in [6.07, 6.45) is 5.22. The van der Waals surface area contributed by atoms with Crippen LogP contribution in [0.4, 0.5) is 0 Å². The lowest BCUT2D eigenvalue weighted by Crippen LogP contribution is -2.31. The molecule has 1 aliphatic heterocycles. The monoisotopic (exact) mass is 281 g/mol. The summed E-state index contributed by atoms with van der Waals surface area (Å²) in [6, 6.07) is 5.94. The highest BCUT2D eigenvalue weighted by Gasteiger charge is 2.40. The number of aryl methyl sites for hydroxylation is 1. The molecule has 2 N–H and O–H groups in total. The van der Waals surface area contributed by atoms with E-state index < -0.39 is 5.92 Å². The van der Waals surface area contributed by atoms with E-state index in [2.05, 4.69) is 28.2 Å². The highest BCUT2D eigenvalue weighted by molar-refractivity contribution is 5.84. The summed E-state index contributed by atoms with van der Waals surface area (Å²) >= 11 is 0. The molecule has 0 aliphatic carbocycles. The molecular weight excluding hydrogens is 266 g/mol. The van der Waals surface area contributed by atoms with E-state index in [0.29, 0.717) is 5.88 Å². The van der Waals surface area contributed by atoms with Gasteiger partial charge in [0.2, 0.25) is 11.8 Å². The molecule has 2 aromatic rings. The van der Waals surface area contributed by atoms with E-state index >= 15 is 0 Å². The normalized spacial score (nSPS) is 20.5. The van der Waals surface area contributed by atoms with Crippen LogP contribution in [-0.2, 0) is 6.42 Å². The Kier molecular flexibility index (Phi) is 3.40. The Balaban J connectivity index is 2.17. The quantitative estimate of drug-likeness (QED) is 0.902. The number of aromatic amines is 1. The summed E-state index contributed by atoms with van der Waals surface area (Å²) < 4.78 is 5.41. The van der Waals surface area contributed by atoms with Crippen LogP contribution < -0.4 is 4.74 Å². The average Bonchev–Trinajstić information content (AvgIpc) is 2.89. The Labute approximate surface area is 122 Å². The van der Waals surface area contributed by atoms with Gasteiger partial charge in [-0.1, -0.05) is 19.4 Å². The van der Waals surface area contributed by atoms with Gasteiger partial charge in [-0.05, 0) is 18.1 Å². The molecule has 106 valence electrons. The van der Waals surface area contributed by atoms with Gasteiger partial charge in [0.25, 0.3) is 0 Å². The summed E-state index contributed by atoms with van der Waals surface area (Å²) in [7, 11) is 0. The van der Waals surface area contributed by atoms with Crippen molar-refractivity contribution >= 4 is 5.90 Å².